The zero-order chi connectivity index (χ0) is 12.6. The van der Waals surface area contributed by atoms with Gasteiger partial charge in [0.05, 0.1) is 5.92 Å². The SMILES string of the molecule is [C-]#[N+][C@@H]1[C@@H](C(C)C)CC[C@@]2(C)CCCC(=C)[C@@H]12. The molecule has 0 aromatic carbocycles. The first kappa shape index (κ1) is 12.7. The quantitative estimate of drug-likeness (QED) is 0.455. The van der Waals surface area contributed by atoms with Crippen LogP contribution in [0.3, 0.4) is 0 Å². The number of hydrogen-bond acceptors (Lipinski definition) is 0. The number of fused-ring (bicyclic) bond motifs is 1. The van der Waals surface area contributed by atoms with Crippen LogP contribution < -0.4 is 0 Å². The molecule has 0 aromatic heterocycles. The Bertz CT molecular complexity index is 349. The molecule has 1 nitrogen and oxygen atoms in total. The second kappa shape index (κ2) is 4.48. The van der Waals surface area contributed by atoms with Gasteiger partial charge in [-0.25, -0.2) is 6.57 Å². The molecule has 0 radical (unpaired) electrons. The van der Waals surface area contributed by atoms with Crippen LogP contribution in [0.5, 0.6) is 0 Å². The average Bonchev–Trinajstić information content (AvgIpc) is 2.26. The first-order valence-electron chi connectivity index (χ1n) is 7.04. The first-order chi connectivity index (χ1) is 7.99. The van der Waals surface area contributed by atoms with Crippen molar-refractivity contribution in [3.8, 4) is 0 Å². The normalized spacial score (nSPS) is 42.1. The van der Waals surface area contributed by atoms with Crippen molar-refractivity contribution in [2.24, 2.45) is 23.2 Å². The summed E-state index contributed by atoms with van der Waals surface area (Å²) < 4.78 is 0. The molecule has 0 amide bonds. The van der Waals surface area contributed by atoms with Gasteiger partial charge in [0.2, 0.25) is 6.04 Å². The Morgan fingerprint density at radius 1 is 1.41 bits per heavy atom. The molecule has 2 saturated carbocycles. The molecule has 94 valence electrons. The Balaban J connectivity index is 2.32. The maximum atomic E-state index is 7.60. The molecule has 0 spiro atoms. The Labute approximate surface area is 106 Å². The topological polar surface area (TPSA) is 4.36 Å². The fraction of sp³-hybridized carbons (Fsp3) is 0.812. The van der Waals surface area contributed by atoms with Gasteiger partial charge < -0.3 is 4.85 Å². The molecule has 2 fully saturated rings. The minimum atomic E-state index is 0.196. The zero-order valence-corrected chi connectivity index (χ0v) is 11.5. The van der Waals surface area contributed by atoms with Gasteiger partial charge in [-0.05, 0) is 43.4 Å². The predicted molar refractivity (Wildman–Crippen MR) is 72.5 cm³/mol. The lowest BCUT2D eigenvalue weighted by atomic mass is 9.54. The van der Waals surface area contributed by atoms with Crippen molar-refractivity contribution in [1.82, 2.24) is 0 Å². The van der Waals surface area contributed by atoms with E-state index in [4.69, 9.17) is 6.57 Å². The van der Waals surface area contributed by atoms with Crippen LogP contribution in [0.15, 0.2) is 12.2 Å². The van der Waals surface area contributed by atoms with Crippen LogP contribution in [0.25, 0.3) is 4.85 Å². The van der Waals surface area contributed by atoms with E-state index in [2.05, 4.69) is 32.2 Å². The van der Waals surface area contributed by atoms with Gasteiger partial charge in [0.15, 0.2) is 0 Å². The predicted octanol–water partition coefficient (Wildman–Crippen LogP) is 4.70. The van der Waals surface area contributed by atoms with Gasteiger partial charge in [0.25, 0.3) is 0 Å². The largest absolute Gasteiger partial charge is 0.313 e. The summed E-state index contributed by atoms with van der Waals surface area (Å²) in [5, 5.41) is 0. The van der Waals surface area contributed by atoms with Crippen LogP contribution in [0.1, 0.15) is 52.9 Å². The first-order valence-corrected chi connectivity index (χ1v) is 7.04. The van der Waals surface area contributed by atoms with Gasteiger partial charge in [-0.1, -0.05) is 32.9 Å². The minimum absolute atomic E-state index is 0.196. The van der Waals surface area contributed by atoms with E-state index in [0.717, 1.165) is 6.42 Å². The van der Waals surface area contributed by atoms with E-state index in [9.17, 15) is 0 Å². The van der Waals surface area contributed by atoms with Crippen molar-refractivity contribution < 1.29 is 0 Å². The van der Waals surface area contributed by atoms with Gasteiger partial charge >= 0.3 is 0 Å². The number of nitrogens with zero attached hydrogens (tertiary/aromatic N) is 1. The third-order valence-electron chi connectivity index (χ3n) is 5.27. The summed E-state index contributed by atoms with van der Waals surface area (Å²) >= 11 is 0. The van der Waals surface area contributed by atoms with E-state index in [1.807, 2.05) is 0 Å². The summed E-state index contributed by atoms with van der Waals surface area (Å²) in [5.41, 5.74) is 1.74. The average molecular weight is 231 g/mol. The van der Waals surface area contributed by atoms with E-state index in [1.165, 1.54) is 31.3 Å². The van der Waals surface area contributed by atoms with E-state index < -0.39 is 0 Å². The molecule has 2 aliphatic rings. The number of hydrogen-bond donors (Lipinski definition) is 0. The van der Waals surface area contributed by atoms with E-state index in [0.29, 0.717) is 23.2 Å². The number of rotatable bonds is 1. The molecule has 0 bridgehead atoms. The van der Waals surface area contributed by atoms with Crippen molar-refractivity contribution in [2.75, 3.05) is 0 Å². The van der Waals surface area contributed by atoms with Gasteiger partial charge in [-0.2, -0.15) is 0 Å². The molecule has 17 heavy (non-hydrogen) atoms. The Hall–Kier alpha value is -0.770. The van der Waals surface area contributed by atoms with Crippen LogP contribution in [-0.4, -0.2) is 6.04 Å². The molecule has 1 heteroatoms. The van der Waals surface area contributed by atoms with E-state index >= 15 is 0 Å². The van der Waals surface area contributed by atoms with Crippen molar-refractivity contribution in [3.05, 3.63) is 23.6 Å². The van der Waals surface area contributed by atoms with Crippen LogP contribution in [0, 0.1) is 29.7 Å². The van der Waals surface area contributed by atoms with Crippen molar-refractivity contribution in [3.63, 3.8) is 0 Å². The maximum Gasteiger partial charge on any atom is 0.233 e. The van der Waals surface area contributed by atoms with E-state index in [-0.39, 0.29) is 6.04 Å². The van der Waals surface area contributed by atoms with Crippen LogP contribution in [0.4, 0.5) is 0 Å². The van der Waals surface area contributed by atoms with Crippen LogP contribution in [0.2, 0.25) is 0 Å². The van der Waals surface area contributed by atoms with Gasteiger partial charge in [0.1, 0.15) is 0 Å². The second-order valence-electron chi connectivity index (χ2n) is 6.71. The Morgan fingerprint density at radius 2 is 2.12 bits per heavy atom. The fourth-order valence-electron chi connectivity index (χ4n) is 4.27. The summed E-state index contributed by atoms with van der Waals surface area (Å²) in [6, 6.07) is 0.196. The highest BCUT2D eigenvalue weighted by molar-refractivity contribution is 5.19. The molecule has 0 N–H and O–H groups in total. The molecule has 2 aliphatic carbocycles. The highest BCUT2D eigenvalue weighted by Crippen LogP contribution is 2.55. The van der Waals surface area contributed by atoms with Crippen molar-refractivity contribution in [2.45, 2.75) is 58.9 Å². The zero-order valence-electron chi connectivity index (χ0n) is 11.5. The van der Waals surface area contributed by atoms with Gasteiger partial charge in [-0.3, -0.25) is 0 Å². The Kier molecular flexibility index (Phi) is 3.34. The van der Waals surface area contributed by atoms with E-state index in [1.54, 1.807) is 0 Å². The summed E-state index contributed by atoms with van der Waals surface area (Å²) in [6.07, 6.45) is 6.27. The second-order valence-corrected chi connectivity index (χ2v) is 6.71. The minimum Gasteiger partial charge on any atom is -0.313 e. The Morgan fingerprint density at radius 3 is 2.71 bits per heavy atom. The molecule has 0 saturated heterocycles. The fourth-order valence-corrected chi connectivity index (χ4v) is 4.27. The molecule has 0 unspecified atom stereocenters. The molecule has 4 atom stereocenters. The van der Waals surface area contributed by atoms with Gasteiger partial charge in [-0.15, -0.1) is 0 Å². The standard InChI is InChI=1S/C16H25N/c1-11(2)13-8-10-16(4)9-6-7-12(3)14(16)15(13)17-5/h11,13-15H,3,6-10H2,1-2,4H3/t13-,14+,15-,16-/m1/s1. The monoisotopic (exact) mass is 231 g/mol. The molecule has 0 aliphatic heterocycles. The van der Waals surface area contributed by atoms with Crippen molar-refractivity contribution >= 4 is 0 Å². The molecule has 0 aromatic rings. The lowest BCUT2D eigenvalue weighted by Crippen LogP contribution is -2.47. The summed E-state index contributed by atoms with van der Waals surface area (Å²) in [5.74, 6) is 1.68. The highest BCUT2D eigenvalue weighted by atomic mass is 14.8. The van der Waals surface area contributed by atoms with Crippen LogP contribution >= 0.6 is 0 Å². The molecular weight excluding hydrogens is 206 g/mol. The molecule has 0 heterocycles. The maximum absolute atomic E-state index is 7.60. The third kappa shape index (κ3) is 2.03. The summed E-state index contributed by atoms with van der Waals surface area (Å²) in [4.78, 5) is 4.02. The molecular formula is C16H25N. The third-order valence-corrected chi connectivity index (χ3v) is 5.27. The highest BCUT2D eigenvalue weighted by Gasteiger charge is 2.53. The van der Waals surface area contributed by atoms with Gasteiger partial charge in [0, 0.05) is 5.92 Å². The smallest absolute Gasteiger partial charge is 0.233 e. The lowest BCUT2D eigenvalue weighted by molar-refractivity contribution is 0.0508. The van der Waals surface area contributed by atoms with Crippen LogP contribution in [-0.2, 0) is 0 Å². The lowest BCUT2D eigenvalue weighted by Gasteiger charge is -2.49. The summed E-state index contributed by atoms with van der Waals surface area (Å²) in [7, 11) is 0. The summed E-state index contributed by atoms with van der Waals surface area (Å²) in [6.45, 7) is 18.8. The van der Waals surface area contributed by atoms with Crippen molar-refractivity contribution in [1.29, 1.82) is 0 Å². The molecule has 2 rings (SSSR count).